The lowest BCUT2D eigenvalue weighted by Crippen LogP contribution is -1.90. The molecule has 0 fully saturated rings. The first-order valence-corrected chi connectivity index (χ1v) is 4.27. The van der Waals surface area contributed by atoms with Crippen LogP contribution in [0.3, 0.4) is 0 Å². The van der Waals surface area contributed by atoms with Crippen molar-refractivity contribution in [2.24, 2.45) is 0 Å². The van der Waals surface area contributed by atoms with E-state index in [9.17, 15) is 4.39 Å². The molecular weight excluding hydrogens is 217 g/mol. The van der Waals surface area contributed by atoms with Crippen molar-refractivity contribution in [1.29, 1.82) is 10.5 Å². The number of nitriles is 2. The number of allylic oxidation sites excluding steroid dienone is 1. The number of anilines is 1. The Morgan fingerprint density at radius 2 is 2.07 bits per heavy atom. The van der Waals surface area contributed by atoms with Crippen molar-refractivity contribution in [2.45, 2.75) is 0 Å². The van der Waals surface area contributed by atoms with E-state index in [1.807, 2.05) is 0 Å². The second kappa shape index (κ2) is 4.99. The van der Waals surface area contributed by atoms with Gasteiger partial charge in [-0.2, -0.15) is 10.5 Å². The summed E-state index contributed by atoms with van der Waals surface area (Å²) in [6.07, 6.45) is 1.20. The van der Waals surface area contributed by atoms with Crippen LogP contribution in [0, 0.1) is 28.5 Å². The Bertz CT molecular complexity index is 466. The molecule has 0 saturated heterocycles. The van der Waals surface area contributed by atoms with E-state index in [4.69, 9.17) is 22.1 Å². The van der Waals surface area contributed by atoms with Gasteiger partial charge in [-0.3, -0.25) is 0 Å². The topological polar surface area (TPSA) is 59.6 Å². The van der Waals surface area contributed by atoms with Gasteiger partial charge in [-0.25, -0.2) is 4.39 Å². The van der Waals surface area contributed by atoms with E-state index >= 15 is 0 Å². The zero-order valence-electron chi connectivity index (χ0n) is 7.46. The summed E-state index contributed by atoms with van der Waals surface area (Å²) in [5.41, 5.74) is 0.324. The lowest BCUT2D eigenvalue weighted by atomic mass is 10.3. The molecule has 0 saturated carbocycles. The minimum absolute atomic E-state index is 0.0188. The number of rotatable bonds is 2. The summed E-state index contributed by atoms with van der Waals surface area (Å²) in [4.78, 5) is 0. The fourth-order valence-electron chi connectivity index (χ4n) is 0.831. The third-order valence-electron chi connectivity index (χ3n) is 1.54. The van der Waals surface area contributed by atoms with Crippen LogP contribution in [0.25, 0.3) is 0 Å². The number of hydrogen-bond donors (Lipinski definition) is 1. The third kappa shape index (κ3) is 2.98. The molecule has 1 N–H and O–H groups in total. The van der Waals surface area contributed by atoms with Crippen LogP contribution < -0.4 is 5.32 Å². The van der Waals surface area contributed by atoms with Crippen LogP contribution in [0.15, 0.2) is 30.0 Å². The van der Waals surface area contributed by atoms with Gasteiger partial charge >= 0.3 is 0 Å². The summed E-state index contributed by atoms with van der Waals surface area (Å²) in [5.74, 6) is -0.564. The van der Waals surface area contributed by atoms with E-state index in [0.29, 0.717) is 5.69 Å². The van der Waals surface area contributed by atoms with Crippen molar-refractivity contribution in [3.8, 4) is 12.1 Å². The molecule has 0 aliphatic heterocycles. The van der Waals surface area contributed by atoms with Crippen molar-refractivity contribution in [2.75, 3.05) is 5.32 Å². The summed E-state index contributed by atoms with van der Waals surface area (Å²) in [6.45, 7) is 0. The normalized spacial score (nSPS) is 8.53. The lowest BCUT2D eigenvalue weighted by Gasteiger charge is -2.01. The van der Waals surface area contributed by atoms with Crippen LogP contribution >= 0.6 is 11.6 Å². The molecule has 74 valence electrons. The van der Waals surface area contributed by atoms with Crippen molar-refractivity contribution in [3.63, 3.8) is 0 Å². The van der Waals surface area contributed by atoms with Crippen molar-refractivity contribution < 1.29 is 4.39 Å². The third-order valence-corrected chi connectivity index (χ3v) is 1.85. The van der Waals surface area contributed by atoms with Gasteiger partial charge in [-0.1, -0.05) is 11.6 Å². The molecule has 0 amide bonds. The van der Waals surface area contributed by atoms with Crippen LogP contribution in [0.4, 0.5) is 10.1 Å². The quantitative estimate of drug-likeness (QED) is 0.782. The van der Waals surface area contributed by atoms with E-state index in [0.717, 1.165) is 0 Å². The Morgan fingerprint density at radius 3 is 2.60 bits per heavy atom. The molecule has 1 rings (SSSR count). The van der Waals surface area contributed by atoms with Crippen LogP contribution in [-0.2, 0) is 0 Å². The van der Waals surface area contributed by atoms with Crippen LogP contribution in [0.2, 0.25) is 5.02 Å². The van der Waals surface area contributed by atoms with Gasteiger partial charge in [-0.15, -0.1) is 0 Å². The number of hydrogen-bond acceptors (Lipinski definition) is 3. The van der Waals surface area contributed by atoms with Crippen molar-refractivity contribution in [1.82, 2.24) is 0 Å². The zero-order valence-corrected chi connectivity index (χ0v) is 8.22. The highest BCUT2D eigenvalue weighted by atomic mass is 35.5. The standard InChI is InChI=1S/C10H5ClFN3/c11-9-2-1-8(3-10(9)12)15-6-7(4-13)5-14/h1-3,6,15H. The number of nitrogens with one attached hydrogen (secondary N) is 1. The highest BCUT2D eigenvalue weighted by Gasteiger charge is 1.99. The zero-order chi connectivity index (χ0) is 11.3. The largest absolute Gasteiger partial charge is 0.360 e. The van der Waals surface area contributed by atoms with Crippen LogP contribution in [0.5, 0.6) is 0 Å². The first kappa shape index (κ1) is 11.0. The van der Waals surface area contributed by atoms with Crippen molar-refractivity contribution in [3.05, 3.63) is 40.8 Å². The van der Waals surface area contributed by atoms with Gasteiger partial charge in [0.1, 0.15) is 23.5 Å². The molecule has 3 nitrogen and oxygen atoms in total. The first-order valence-electron chi connectivity index (χ1n) is 3.89. The Labute approximate surface area is 91.0 Å². The number of nitrogens with zero attached hydrogens (tertiary/aromatic N) is 2. The monoisotopic (exact) mass is 221 g/mol. The molecule has 15 heavy (non-hydrogen) atoms. The predicted molar refractivity (Wildman–Crippen MR) is 54.3 cm³/mol. The molecule has 5 heteroatoms. The van der Waals surface area contributed by atoms with Gasteiger partial charge < -0.3 is 5.32 Å². The Morgan fingerprint density at radius 1 is 1.40 bits per heavy atom. The second-order valence-electron chi connectivity index (χ2n) is 2.55. The highest BCUT2D eigenvalue weighted by molar-refractivity contribution is 6.30. The molecule has 0 bridgehead atoms. The maximum atomic E-state index is 12.9. The molecule has 0 aromatic heterocycles. The predicted octanol–water partition coefficient (Wildman–Crippen LogP) is 2.82. The van der Waals surface area contributed by atoms with E-state index in [1.165, 1.54) is 24.4 Å². The van der Waals surface area contributed by atoms with Crippen LogP contribution in [0.1, 0.15) is 0 Å². The second-order valence-corrected chi connectivity index (χ2v) is 2.96. The van der Waals surface area contributed by atoms with Gasteiger partial charge in [0.05, 0.1) is 5.02 Å². The Kier molecular flexibility index (Phi) is 3.68. The smallest absolute Gasteiger partial charge is 0.145 e. The average molecular weight is 222 g/mol. The Balaban J connectivity index is 2.84. The fourth-order valence-corrected chi connectivity index (χ4v) is 0.949. The summed E-state index contributed by atoms with van der Waals surface area (Å²) < 4.78 is 12.9. The summed E-state index contributed by atoms with van der Waals surface area (Å²) in [5, 5.41) is 19.5. The van der Waals surface area contributed by atoms with E-state index in [1.54, 1.807) is 12.1 Å². The fraction of sp³-hybridized carbons (Fsp3) is 0. The average Bonchev–Trinajstić information content (AvgIpc) is 2.24. The van der Waals surface area contributed by atoms with E-state index < -0.39 is 5.82 Å². The lowest BCUT2D eigenvalue weighted by molar-refractivity contribution is 0.629. The van der Waals surface area contributed by atoms with Crippen molar-refractivity contribution >= 4 is 17.3 Å². The molecule has 0 aliphatic carbocycles. The molecule has 1 aromatic carbocycles. The molecule has 0 atom stereocenters. The van der Waals surface area contributed by atoms with E-state index in [2.05, 4.69) is 5.32 Å². The molecule has 0 heterocycles. The summed E-state index contributed by atoms with van der Waals surface area (Å²) in [7, 11) is 0. The molecule has 1 aromatic rings. The molecule has 0 radical (unpaired) electrons. The van der Waals surface area contributed by atoms with Gasteiger partial charge in [0, 0.05) is 11.9 Å². The molecular formula is C10H5ClFN3. The number of benzene rings is 1. The first-order chi connectivity index (χ1) is 7.17. The van der Waals surface area contributed by atoms with E-state index in [-0.39, 0.29) is 10.6 Å². The van der Waals surface area contributed by atoms with Crippen LogP contribution in [-0.4, -0.2) is 0 Å². The number of halogens is 2. The summed E-state index contributed by atoms with van der Waals surface area (Å²) in [6, 6.07) is 7.42. The van der Waals surface area contributed by atoms with Gasteiger partial charge in [0.25, 0.3) is 0 Å². The minimum Gasteiger partial charge on any atom is -0.360 e. The maximum Gasteiger partial charge on any atom is 0.145 e. The van der Waals surface area contributed by atoms with Gasteiger partial charge in [-0.05, 0) is 18.2 Å². The maximum absolute atomic E-state index is 12.9. The van der Waals surface area contributed by atoms with Gasteiger partial charge in [0.2, 0.25) is 0 Å². The SMILES string of the molecule is N#CC(C#N)=CNc1ccc(Cl)c(F)c1. The molecule has 0 aliphatic rings. The molecule has 0 unspecified atom stereocenters. The summed E-state index contributed by atoms with van der Waals surface area (Å²) >= 11 is 5.48. The highest BCUT2D eigenvalue weighted by Crippen LogP contribution is 2.18. The minimum atomic E-state index is -0.564. The Hall–Kier alpha value is -2.04. The van der Waals surface area contributed by atoms with Gasteiger partial charge in [0.15, 0.2) is 0 Å². The molecule has 0 spiro atoms.